The highest BCUT2D eigenvalue weighted by Gasteiger charge is 2.14. The van der Waals surface area contributed by atoms with E-state index in [2.05, 4.69) is 41.2 Å². The molecule has 0 spiro atoms. The number of pyridine rings is 1. The zero-order valence-electron chi connectivity index (χ0n) is 17.3. The number of thioether (sulfide) groups is 2. The lowest BCUT2D eigenvalue weighted by Gasteiger charge is -2.03. The molecule has 4 N–H and O–H groups in total. The van der Waals surface area contributed by atoms with Gasteiger partial charge in [0.05, 0.1) is 12.0 Å². The van der Waals surface area contributed by atoms with E-state index in [1.165, 1.54) is 27.8 Å². The van der Waals surface area contributed by atoms with Gasteiger partial charge in [0.2, 0.25) is 16.2 Å². The molecule has 0 radical (unpaired) electrons. The highest BCUT2D eigenvalue weighted by molar-refractivity contribution is 8.00. The van der Waals surface area contributed by atoms with Gasteiger partial charge in [-0.1, -0.05) is 70.7 Å². The fourth-order valence-corrected chi connectivity index (χ4v) is 5.14. The van der Waals surface area contributed by atoms with Crippen molar-refractivity contribution in [3.8, 4) is 0 Å². The van der Waals surface area contributed by atoms with Gasteiger partial charge < -0.3 is 5.84 Å². The van der Waals surface area contributed by atoms with Crippen molar-refractivity contribution in [1.82, 2.24) is 30.1 Å². The second-order valence-electron chi connectivity index (χ2n) is 6.42. The zero-order valence-corrected chi connectivity index (χ0v) is 20.5. The van der Waals surface area contributed by atoms with Crippen LogP contribution in [-0.2, 0) is 10.5 Å². The van der Waals surface area contributed by atoms with Gasteiger partial charge in [0.15, 0.2) is 4.34 Å². The minimum absolute atomic E-state index is 0.0654. The minimum atomic E-state index is -0.268. The second kappa shape index (κ2) is 11.8. The van der Waals surface area contributed by atoms with Gasteiger partial charge in [0.25, 0.3) is 5.95 Å². The molecule has 0 saturated carbocycles. The largest absolute Gasteiger partial charge is 0.334 e. The van der Waals surface area contributed by atoms with E-state index < -0.39 is 0 Å². The number of nitrogens with one attached hydrogen (secondary N) is 2. The van der Waals surface area contributed by atoms with Crippen molar-refractivity contribution in [1.29, 1.82) is 0 Å². The topological polar surface area (TPSA) is 149 Å². The van der Waals surface area contributed by atoms with E-state index in [-0.39, 0.29) is 17.6 Å². The highest BCUT2D eigenvalue weighted by atomic mass is 35.5. The number of amides is 1. The molecule has 0 saturated heterocycles. The Labute approximate surface area is 211 Å². The van der Waals surface area contributed by atoms with Crippen LogP contribution in [0.15, 0.2) is 63.4 Å². The van der Waals surface area contributed by atoms with Gasteiger partial charge in [-0.3, -0.25) is 15.1 Å². The molecule has 3 heterocycles. The Balaban J connectivity index is 1.24. The van der Waals surface area contributed by atoms with Crippen LogP contribution in [0.25, 0.3) is 0 Å². The molecule has 15 heteroatoms. The third-order valence-electron chi connectivity index (χ3n) is 4.02. The van der Waals surface area contributed by atoms with E-state index in [1.807, 2.05) is 30.3 Å². The number of halogens is 1. The van der Waals surface area contributed by atoms with Crippen molar-refractivity contribution >= 4 is 69.7 Å². The summed E-state index contributed by atoms with van der Waals surface area (Å²) in [7, 11) is 0. The average Bonchev–Trinajstić information content (AvgIpc) is 3.44. The van der Waals surface area contributed by atoms with Crippen LogP contribution < -0.4 is 16.6 Å². The van der Waals surface area contributed by atoms with Crippen LogP contribution in [0.1, 0.15) is 11.1 Å². The molecule has 3 aromatic heterocycles. The molecule has 0 aliphatic rings. The summed E-state index contributed by atoms with van der Waals surface area (Å²) in [5.41, 5.74) is 4.52. The minimum Gasteiger partial charge on any atom is -0.334 e. The third kappa shape index (κ3) is 6.66. The monoisotopic (exact) mass is 532 g/mol. The number of benzene rings is 1. The molecule has 0 aliphatic carbocycles. The van der Waals surface area contributed by atoms with E-state index in [0.717, 1.165) is 27.2 Å². The first-order chi connectivity index (χ1) is 16.6. The molecule has 11 nitrogen and oxygen atoms in total. The molecule has 0 atom stereocenters. The van der Waals surface area contributed by atoms with Crippen LogP contribution in [0.2, 0.25) is 5.02 Å². The first-order valence-corrected chi connectivity index (χ1v) is 12.8. The fourth-order valence-electron chi connectivity index (χ4n) is 2.43. The van der Waals surface area contributed by atoms with E-state index in [0.29, 0.717) is 21.1 Å². The van der Waals surface area contributed by atoms with Gasteiger partial charge in [0.1, 0.15) is 0 Å². The van der Waals surface area contributed by atoms with Crippen molar-refractivity contribution in [2.45, 2.75) is 15.2 Å². The van der Waals surface area contributed by atoms with Gasteiger partial charge >= 0.3 is 0 Å². The number of anilines is 2. The SMILES string of the molecule is Nn1c(N/N=C/c2cccnc2)nnc1SCC(=O)Nc1nnc(SCc2ccccc2Cl)s1. The molecule has 0 unspecified atom stereocenters. The number of nitrogens with two attached hydrogens (primary N) is 1. The number of nitrogens with zero attached hydrogens (tertiary/aromatic N) is 7. The highest BCUT2D eigenvalue weighted by Crippen LogP contribution is 2.30. The standard InChI is InChI=1S/C19H17ClN10OS3/c20-14-6-2-1-5-13(14)10-33-19-29-27-17(34-19)24-15(31)11-32-18-28-26-16(30(18)21)25-23-9-12-4-3-7-22-8-12/h1-9H,10-11,21H2,(H,25,26)(H,24,27,31)/b23-9+. The molecule has 1 amide bonds. The van der Waals surface area contributed by atoms with Crippen LogP contribution in [0.3, 0.4) is 0 Å². The average molecular weight is 533 g/mol. The number of rotatable bonds is 10. The molecular weight excluding hydrogens is 516 g/mol. The molecule has 4 rings (SSSR count). The Morgan fingerprint density at radius 1 is 1.18 bits per heavy atom. The number of nitrogen functional groups attached to an aromatic ring is 1. The summed E-state index contributed by atoms with van der Waals surface area (Å²) in [6.07, 6.45) is 4.91. The lowest BCUT2D eigenvalue weighted by Crippen LogP contribution is -2.16. The van der Waals surface area contributed by atoms with Crippen molar-refractivity contribution in [2.24, 2.45) is 5.10 Å². The van der Waals surface area contributed by atoms with Crippen molar-refractivity contribution in [2.75, 3.05) is 22.3 Å². The first kappa shape index (κ1) is 23.9. The second-order valence-corrected chi connectivity index (χ2v) is 9.97. The van der Waals surface area contributed by atoms with Crippen LogP contribution in [0.5, 0.6) is 0 Å². The number of aromatic nitrogens is 6. The molecule has 0 aliphatic heterocycles. The maximum atomic E-state index is 12.3. The number of hydrogen-bond donors (Lipinski definition) is 3. The molecule has 4 aromatic rings. The predicted octanol–water partition coefficient (Wildman–Crippen LogP) is 3.36. The fraction of sp³-hybridized carbons (Fsp3) is 0.105. The lowest BCUT2D eigenvalue weighted by molar-refractivity contribution is -0.113. The van der Waals surface area contributed by atoms with Crippen LogP contribution in [0.4, 0.5) is 11.1 Å². The molecule has 34 heavy (non-hydrogen) atoms. The van der Waals surface area contributed by atoms with E-state index >= 15 is 0 Å². The summed E-state index contributed by atoms with van der Waals surface area (Å²) in [6, 6.07) is 11.3. The Kier molecular flexibility index (Phi) is 8.30. The summed E-state index contributed by atoms with van der Waals surface area (Å²) >= 11 is 10.1. The Hall–Kier alpha value is -3.20. The van der Waals surface area contributed by atoms with E-state index in [4.69, 9.17) is 17.4 Å². The molecule has 174 valence electrons. The summed E-state index contributed by atoms with van der Waals surface area (Å²) in [4.78, 5) is 16.3. The van der Waals surface area contributed by atoms with E-state index in [9.17, 15) is 4.79 Å². The summed E-state index contributed by atoms with van der Waals surface area (Å²) in [5.74, 6) is 6.66. The van der Waals surface area contributed by atoms with E-state index in [1.54, 1.807) is 24.7 Å². The Morgan fingerprint density at radius 2 is 2.06 bits per heavy atom. The van der Waals surface area contributed by atoms with Gasteiger partial charge in [-0.15, -0.1) is 20.4 Å². The van der Waals surface area contributed by atoms with Crippen LogP contribution in [0, 0.1) is 0 Å². The molecule has 0 bridgehead atoms. The van der Waals surface area contributed by atoms with Gasteiger partial charge in [0, 0.05) is 28.7 Å². The predicted molar refractivity (Wildman–Crippen MR) is 136 cm³/mol. The lowest BCUT2D eigenvalue weighted by atomic mass is 10.2. The summed E-state index contributed by atoms with van der Waals surface area (Å²) in [5, 5.41) is 24.2. The Morgan fingerprint density at radius 3 is 2.88 bits per heavy atom. The van der Waals surface area contributed by atoms with Crippen LogP contribution >= 0.6 is 46.5 Å². The number of hydrazone groups is 1. The van der Waals surface area contributed by atoms with Crippen molar-refractivity contribution in [3.63, 3.8) is 0 Å². The maximum absolute atomic E-state index is 12.3. The van der Waals surface area contributed by atoms with Crippen molar-refractivity contribution < 1.29 is 4.79 Å². The number of carbonyl (C=O) groups is 1. The Bertz CT molecular complexity index is 1280. The third-order valence-corrected chi connectivity index (χ3v) is 7.35. The first-order valence-electron chi connectivity index (χ1n) is 9.60. The summed E-state index contributed by atoms with van der Waals surface area (Å²) in [6.45, 7) is 0. The quantitative estimate of drug-likeness (QED) is 0.0911. The number of hydrogen-bond acceptors (Lipinski definition) is 12. The van der Waals surface area contributed by atoms with Gasteiger partial charge in [-0.05, 0) is 17.7 Å². The molecule has 1 aromatic carbocycles. The number of carbonyl (C=O) groups excluding carboxylic acids is 1. The zero-order chi connectivity index (χ0) is 23.8. The molecule has 0 fully saturated rings. The smallest absolute Gasteiger partial charge is 0.264 e. The van der Waals surface area contributed by atoms with Gasteiger partial charge in [-0.25, -0.2) is 10.1 Å². The summed E-state index contributed by atoms with van der Waals surface area (Å²) < 4.78 is 1.94. The van der Waals surface area contributed by atoms with Gasteiger partial charge in [-0.2, -0.15) is 5.10 Å². The maximum Gasteiger partial charge on any atom is 0.264 e. The van der Waals surface area contributed by atoms with Crippen LogP contribution in [-0.4, -0.2) is 47.9 Å². The normalized spacial score (nSPS) is 11.1. The molecular formula is C19H17ClN10OS3. The van der Waals surface area contributed by atoms with Crippen molar-refractivity contribution in [3.05, 3.63) is 64.9 Å².